The van der Waals surface area contributed by atoms with Gasteiger partial charge in [-0.15, -0.1) is 0 Å². The van der Waals surface area contributed by atoms with Gasteiger partial charge < -0.3 is 14.2 Å². The molecule has 0 aliphatic carbocycles. The van der Waals surface area contributed by atoms with E-state index in [1.807, 2.05) is 62.4 Å². The van der Waals surface area contributed by atoms with Gasteiger partial charge in [-0.25, -0.2) is 9.79 Å². The third-order valence-corrected chi connectivity index (χ3v) is 7.30. The molecule has 7 nitrogen and oxygen atoms in total. The lowest BCUT2D eigenvalue weighted by Gasteiger charge is -2.25. The summed E-state index contributed by atoms with van der Waals surface area (Å²) in [6.45, 7) is 11.7. The SMILES string of the molecule is C=CCOc1ccc(/C=c2\sc3n(c2=O)[C@@H](c2ccc(OC(C)C)cc2)C(C(=O)OCC)=C(C)N=3)cc1Br. The average Bonchev–Trinajstić information content (AvgIpc) is 3.17. The summed E-state index contributed by atoms with van der Waals surface area (Å²) in [5.41, 5.74) is 2.21. The second kappa shape index (κ2) is 12.0. The molecule has 3 aromatic rings. The van der Waals surface area contributed by atoms with Gasteiger partial charge in [-0.2, -0.15) is 0 Å². The molecular weight excluding hydrogens is 568 g/mol. The van der Waals surface area contributed by atoms with E-state index in [9.17, 15) is 9.59 Å². The van der Waals surface area contributed by atoms with Crippen molar-refractivity contribution >= 4 is 39.3 Å². The summed E-state index contributed by atoms with van der Waals surface area (Å²) >= 11 is 4.81. The van der Waals surface area contributed by atoms with Crippen LogP contribution in [0.4, 0.5) is 0 Å². The van der Waals surface area contributed by atoms with Gasteiger partial charge >= 0.3 is 5.97 Å². The number of benzene rings is 2. The smallest absolute Gasteiger partial charge is 0.338 e. The van der Waals surface area contributed by atoms with Gasteiger partial charge in [-0.3, -0.25) is 9.36 Å². The first-order valence-corrected chi connectivity index (χ1v) is 13.8. The number of fused-ring (bicyclic) bond motifs is 1. The molecule has 2 heterocycles. The number of halogens is 1. The maximum atomic E-state index is 13.8. The minimum atomic E-state index is -0.679. The van der Waals surface area contributed by atoms with Gasteiger partial charge in [-0.05, 0) is 85.1 Å². The Hall–Kier alpha value is -3.43. The highest BCUT2D eigenvalue weighted by molar-refractivity contribution is 9.10. The average molecular weight is 598 g/mol. The molecule has 4 rings (SSSR count). The van der Waals surface area contributed by atoms with Crippen LogP contribution < -0.4 is 24.4 Å². The topological polar surface area (TPSA) is 79.1 Å². The molecule has 0 radical (unpaired) electrons. The van der Waals surface area contributed by atoms with Gasteiger partial charge in [0.25, 0.3) is 5.56 Å². The van der Waals surface area contributed by atoms with Crippen LogP contribution in [-0.4, -0.2) is 29.9 Å². The van der Waals surface area contributed by atoms with Crippen LogP contribution in [0, 0.1) is 0 Å². The van der Waals surface area contributed by atoms with E-state index >= 15 is 0 Å². The fourth-order valence-corrected chi connectivity index (χ4v) is 5.69. The Morgan fingerprint density at radius 3 is 2.61 bits per heavy atom. The lowest BCUT2D eigenvalue weighted by Crippen LogP contribution is -2.39. The summed E-state index contributed by atoms with van der Waals surface area (Å²) in [6.07, 6.45) is 3.51. The highest BCUT2D eigenvalue weighted by Gasteiger charge is 2.33. The van der Waals surface area contributed by atoms with Crippen LogP contribution in [0.3, 0.4) is 0 Å². The van der Waals surface area contributed by atoms with E-state index in [-0.39, 0.29) is 18.3 Å². The predicted molar refractivity (Wildman–Crippen MR) is 152 cm³/mol. The van der Waals surface area contributed by atoms with E-state index in [0.29, 0.717) is 38.7 Å². The fourth-order valence-electron chi connectivity index (χ4n) is 4.13. The first kappa shape index (κ1) is 27.6. The lowest BCUT2D eigenvalue weighted by molar-refractivity contribution is -0.139. The molecule has 0 fully saturated rings. The minimum absolute atomic E-state index is 0.0263. The van der Waals surface area contributed by atoms with E-state index in [1.165, 1.54) is 11.3 Å². The second-order valence-electron chi connectivity index (χ2n) is 8.83. The molecule has 1 aromatic heterocycles. The van der Waals surface area contributed by atoms with E-state index in [0.717, 1.165) is 15.6 Å². The molecule has 0 unspecified atom stereocenters. The summed E-state index contributed by atoms with van der Waals surface area (Å²) in [4.78, 5) is 32.0. The number of hydrogen-bond donors (Lipinski definition) is 0. The van der Waals surface area contributed by atoms with Crippen molar-refractivity contribution in [3.8, 4) is 11.5 Å². The summed E-state index contributed by atoms with van der Waals surface area (Å²) in [5, 5.41) is 0. The van der Waals surface area contributed by atoms with Gasteiger partial charge in [0.15, 0.2) is 4.80 Å². The van der Waals surface area contributed by atoms with Gasteiger partial charge in [0.05, 0.1) is 39.0 Å². The summed E-state index contributed by atoms with van der Waals surface area (Å²) in [5.74, 6) is 0.901. The van der Waals surface area contributed by atoms with Crippen LogP contribution in [-0.2, 0) is 9.53 Å². The van der Waals surface area contributed by atoms with Crippen molar-refractivity contribution in [3.63, 3.8) is 0 Å². The van der Waals surface area contributed by atoms with Crippen molar-refractivity contribution < 1.29 is 19.0 Å². The molecule has 9 heteroatoms. The molecular formula is C29H29BrN2O5S. The third kappa shape index (κ3) is 5.84. The Morgan fingerprint density at radius 2 is 1.97 bits per heavy atom. The zero-order valence-electron chi connectivity index (χ0n) is 21.7. The number of ether oxygens (including phenoxy) is 3. The van der Waals surface area contributed by atoms with Gasteiger partial charge in [-0.1, -0.05) is 42.2 Å². The number of hydrogen-bond acceptors (Lipinski definition) is 7. The molecule has 0 N–H and O–H groups in total. The number of carbonyl (C=O) groups excluding carboxylic acids is 1. The predicted octanol–water partition coefficient (Wildman–Crippen LogP) is 4.91. The summed E-state index contributed by atoms with van der Waals surface area (Å²) < 4.78 is 19.6. The Balaban J connectivity index is 1.84. The molecule has 0 saturated carbocycles. The van der Waals surface area contributed by atoms with Crippen LogP contribution in [0.2, 0.25) is 0 Å². The number of carbonyl (C=O) groups is 1. The zero-order chi connectivity index (χ0) is 27.4. The Kier molecular flexibility index (Phi) is 8.69. The second-order valence-corrected chi connectivity index (χ2v) is 10.7. The third-order valence-electron chi connectivity index (χ3n) is 5.70. The quantitative estimate of drug-likeness (QED) is 0.259. The molecule has 0 saturated heterocycles. The molecule has 0 spiro atoms. The fraction of sp³-hybridized carbons (Fsp3) is 0.276. The highest BCUT2D eigenvalue weighted by Crippen LogP contribution is 2.32. The Labute approximate surface area is 233 Å². The van der Waals surface area contributed by atoms with E-state index < -0.39 is 12.0 Å². The number of thiazole rings is 1. The van der Waals surface area contributed by atoms with Gasteiger partial charge in [0.2, 0.25) is 0 Å². The van der Waals surface area contributed by atoms with Gasteiger partial charge in [0, 0.05) is 0 Å². The van der Waals surface area contributed by atoms with Crippen molar-refractivity contribution in [2.45, 2.75) is 39.8 Å². The van der Waals surface area contributed by atoms with Crippen LogP contribution in [0.25, 0.3) is 6.08 Å². The van der Waals surface area contributed by atoms with Gasteiger partial charge in [0.1, 0.15) is 18.1 Å². The molecule has 0 amide bonds. The standard InChI is InChI=1S/C29H29BrN2O5S/c1-6-14-36-23-13-8-19(15-22(23)30)16-24-27(33)32-26(20-9-11-21(12-10-20)37-17(3)4)25(28(34)35-7-2)18(5)31-29(32)38-24/h6,8-13,15-17,26H,1,7,14H2,2-5H3/b24-16-/t26-/m0/s1. The largest absolute Gasteiger partial charge is 0.491 e. The normalized spacial score (nSPS) is 15.2. The molecule has 198 valence electrons. The van der Waals surface area contributed by atoms with E-state index in [1.54, 1.807) is 24.5 Å². The summed E-state index contributed by atoms with van der Waals surface area (Å²) in [6, 6.07) is 12.4. The highest BCUT2D eigenvalue weighted by atomic mass is 79.9. The van der Waals surface area contributed by atoms with Crippen LogP contribution in [0.5, 0.6) is 11.5 Å². The van der Waals surface area contributed by atoms with Crippen LogP contribution in [0.1, 0.15) is 44.9 Å². The molecule has 0 bridgehead atoms. The minimum Gasteiger partial charge on any atom is -0.491 e. The number of rotatable bonds is 9. The first-order chi connectivity index (χ1) is 18.2. The van der Waals surface area contributed by atoms with Crippen molar-refractivity contribution in [2.75, 3.05) is 13.2 Å². The van der Waals surface area contributed by atoms with Crippen molar-refractivity contribution in [3.05, 3.63) is 102 Å². The number of allylic oxidation sites excluding steroid dienone is 1. The lowest BCUT2D eigenvalue weighted by atomic mass is 9.96. The molecule has 38 heavy (non-hydrogen) atoms. The van der Waals surface area contributed by atoms with E-state index in [2.05, 4.69) is 27.5 Å². The maximum absolute atomic E-state index is 13.8. The molecule has 1 atom stereocenters. The Morgan fingerprint density at radius 1 is 1.24 bits per heavy atom. The first-order valence-electron chi connectivity index (χ1n) is 12.2. The van der Waals surface area contributed by atoms with Crippen molar-refractivity contribution in [2.24, 2.45) is 4.99 Å². The molecule has 1 aliphatic heterocycles. The van der Waals surface area contributed by atoms with Crippen molar-refractivity contribution in [1.29, 1.82) is 0 Å². The summed E-state index contributed by atoms with van der Waals surface area (Å²) in [7, 11) is 0. The van der Waals surface area contributed by atoms with E-state index in [4.69, 9.17) is 14.2 Å². The van der Waals surface area contributed by atoms with Crippen molar-refractivity contribution in [1.82, 2.24) is 4.57 Å². The molecule has 2 aromatic carbocycles. The number of nitrogens with zero attached hydrogens (tertiary/aromatic N) is 2. The van der Waals surface area contributed by atoms with Crippen LogP contribution in [0.15, 0.2) is 80.6 Å². The number of esters is 1. The maximum Gasteiger partial charge on any atom is 0.338 e. The zero-order valence-corrected chi connectivity index (χ0v) is 24.1. The molecule has 1 aliphatic rings. The number of aromatic nitrogens is 1. The monoisotopic (exact) mass is 596 g/mol. The van der Waals surface area contributed by atoms with Crippen LogP contribution >= 0.6 is 27.3 Å². The Bertz CT molecular complexity index is 1570.